The number of nitrogens with one attached hydrogen (secondary N) is 2. The van der Waals surface area contributed by atoms with Crippen LogP contribution in [0.15, 0.2) is 0 Å². The fraction of sp³-hybridized carbons (Fsp3) is 0.933. The number of ether oxygens (including phenoxy) is 4. The molecule has 4 rings (SSSR count). The van der Waals surface area contributed by atoms with Crippen molar-refractivity contribution in [2.24, 2.45) is 5.41 Å². The summed E-state index contributed by atoms with van der Waals surface area (Å²) in [6.45, 7) is 17.6. The van der Waals surface area contributed by atoms with Gasteiger partial charge in [0.1, 0.15) is 0 Å². The van der Waals surface area contributed by atoms with E-state index in [4.69, 9.17) is 18.9 Å². The number of aliphatic carboxylic acids is 2. The smallest absolute Gasteiger partial charge is 0.309 e. The molecule has 2 atom stereocenters. The predicted octanol–water partition coefficient (Wildman–Crippen LogP) is 4.20. The van der Waals surface area contributed by atoms with Crippen molar-refractivity contribution < 1.29 is 38.7 Å². The van der Waals surface area contributed by atoms with Gasteiger partial charge < -0.3 is 39.8 Å². The first kappa shape index (κ1) is 31.6. The second kappa shape index (κ2) is 10.5. The maximum atomic E-state index is 13.1. The molecule has 40 heavy (non-hydrogen) atoms. The van der Waals surface area contributed by atoms with E-state index in [-0.39, 0.29) is 54.3 Å². The number of piperidine rings is 2. The Morgan fingerprint density at radius 3 is 1.43 bits per heavy atom. The molecule has 2 spiro atoms. The summed E-state index contributed by atoms with van der Waals surface area (Å²) >= 11 is 0. The maximum absolute atomic E-state index is 13.1. The molecule has 10 nitrogen and oxygen atoms in total. The van der Waals surface area contributed by atoms with Crippen LogP contribution in [0.1, 0.15) is 113 Å². The van der Waals surface area contributed by atoms with Crippen molar-refractivity contribution >= 4 is 11.9 Å². The highest BCUT2D eigenvalue weighted by molar-refractivity contribution is 5.75. The second-order valence-electron chi connectivity index (χ2n) is 15.7. The summed E-state index contributed by atoms with van der Waals surface area (Å²) in [5.74, 6) is -3.45. The van der Waals surface area contributed by atoms with Crippen LogP contribution >= 0.6 is 0 Å². The topological polar surface area (TPSA) is 136 Å². The zero-order chi connectivity index (χ0) is 29.8. The Morgan fingerprint density at radius 1 is 0.725 bits per heavy atom. The molecule has 4 heterocycles. The van der Waals surface area contributed by atoms with Crippen molar-refractivity contribution in [2.75, 3.05) is 13.2 Å². The van der Waals surface area contributed by atoms with E-state index in [0.29, 0.717) is 38.9 Å². The lowest BCUT2D eigenvalue weighted by molar-refractivity contribution is -0.220. The molecule has 0 saturated carbocycles. The van der Waals surface area contributed by atoms with Gasteiger partial charge in [-0.05, 0) is 81.1 Å². The first-order chi connectivity index (χ1) is 18.2. The van der Waals surface area contributed by atoms with Crippen LogP contribution in [-0.2, 0) is 28.5 Å². The first-order valence-corrected chi connectivity index (χ1v) is 14.8. The average molecular weight is 569 g/mol. The van der Waals surface area contributed by atoms with Crippen LogP contribution in [0.25, 0.3) is 0 Å². The van der Waals surface area contributed by atoms with Gasteiger partial charge >= 0.3 is 11.9 Å². The summed E-state index contributed by atoms with van der Waals surface area (Å²) in [7, 11) is 0. The third kappa shape index (κ3) is 7.36. The minimum Gasteiger partial charge on any atom is -0.481 e. The lowest BCUT2D eigenvalue weighted by Gasteiger charge is -2.50. The van der Waals surface area contributed by atoms with Gasteiger partial charge in [-0.2, -0.15) is 0 Å². The summed E-state index contributed by atoms with van der Waals surface area (Å²) in [5.41, 5.74) is -2.06. The Bertz CT molecular complexity index is 885. The van der Waals surface area contributed by atoms with Gasteiger partial charge in [-0.25, -0.2) is 0 Å². The molecule has 4 N–H and O–H groups in total. The van der Waals surface area contributed by atoms with E-state index >= 15 is 0 Å². The quantitative estimate of drug-likeness (QED) is 0.320. The van der Waals surface area contributed by atoms with E-state index in [1.54, 1.807) is 0 Å². The Balaban J connectivity index is 1.53. The third-order valence-corrected chi connectivity index (χ3v) is 8.76. The lowest BCUT2D eigenvalue weighted by atomic mass is 9.73. The van der Waals surface area contributed by atoms with Gasteiger partial charge in [0, 0.05) is 54.3 Å². The minimum atomic E-state index is -1.23. The molecule has 0 bridgehead atoms. The number of carboxylic acid groups (broad SMARTS) is 2. The third-order valence-electron chi connectivity index (χ3n) is 8.76. The number of carboxylic acids is 2. The van der Waals surface area contributed by atoms with Gasteiger partial charge in [0.05, 0.1) is 30.8 Å². The van der Waals surface area contributed by atoms with E-state index < -0.39 is 41.1 Å². The SMILES string of the molecule is CC1(C)CC2(CC(C)(C)N1)OCC(CC(CCCC(=O)O)(CC1COC3(CC(C)(C)NC(C)(C)C3)O1)C(=O)O)O2. The molecule has 0 aromatic rings. The van der Waals surface area contributed by atoms with Gasteiger partial charge in [0.15, 0.2) is 11.6 Å². The summed E-state index contributed by atoms with van der Waals surface area (Å²) in [6.07, 6.45) is 2.61. The molecule has 0 aromatic heterocycles. The molecule has 0 radical (unpaired) electrons. The van der Waals surface area contributed by atoms with Crippen LogP contribution in [0.2, 0.25) is 0 Å². The van der Waals surface area contributed by atoms with Gasteiger partial charge in [0.25, 0.3) is 0 Å². The van der Waals surface area contributed by atoms with E-state index in [0.717, 1.165) is 0 Å². The highest BCUT2D eigenvalue weighted by atomic mass is 16.8. The average Bonchev–Trinajstić information content (AvgIpc) is 3.24. The van der Waals surface area contributed by atoms with Crippen LogP contribution < -0.4 is 10.6 Å². The molecular weight excluding hydrogens is 516 g/mol. The fourth-order valence-electron chi connectivity index (χ4n) is 8.65. The molecule has 2 unspecified atom stereocenters. The molecule has 4 saturated heterocycles. The predicted molar refractivity (Wildman–Crippen MR) is 149 cm³/mol. The van der Waals surface area contributed by atoms with E-state index in [2.05, 4.69) is 66.0 Å². The van der Waals surface area contributed by atoms with Gasteiger partial charge in [-0.15, -0.1) is 0 Å². The maximum Gasteiger partial charge on any atom is 0.309 e. The largest absolute Gasteiger partial charge is 0.481 e. The molecular formula is C30H52N2O8. The number of carbonyl (C=O) groups is 2. The lowest BCUT2D eigenvalue weighted by Crippen LogP contribution is -2.64. The fourth-order valence-corrected chi connectivity index (χ4v) is 8.65. The highest BCUT2D eigenvalue weighted by Gasteiger charge is 2.57. The zero-order valence-corrected chi connectivity index (χ0v) is 25.8. The normalized spacial score (nSPS) is 32.6. The molecule has 4 aliphatic rings. The first-order valence-electron chi connectivity index (χ1n) is 14.8. The van der Waals surface area contributed by atoms with Crippen molar-refractivity contribution in [1.29, 1.82) is 0 Å². The van der Waals surface area contributed by atoms with Crippen molar-refractivity contribution in [3.63, 3.8) is 0 Å². The zero-order valence-electron chi connectivity index (χ0n) is 25.8. The molecule has 0 aromatic carbocycles. The number of hydrogen-bond donors (Lipinski definition) is 4. The summed E-state index contributed by atoms with van der Waals surface area (Å²) in [6, 6.07) is 0. The van der Waals surface area contributed by atoms with Gasteiger partial charge in [0.2, 0.25) is 0 Å². The summed E-state index contributed by atoms with van der Waals surface area (Å²) in [5, 5.41) is 27.3. The van der Waals surface area contributed by atoms with Crippen molar-refractivity contribution in [3.05, 3.63) is 0 Å². The molecule has 230 valence electrons. The van der Waals surface area contributed by atoms with Crippen LogP contribution in [0.3, 0.4) is 0 Å². The van der Waals surface area contributed by atoms with Crippen molar-refractivity contribution in [2.45, 2.75) is 159 Å². The van der Waals surface area contributed by atoms with Crippen LogP contribution in [-0.4, -0.2) is 81.3 Å². The van der Waals surface area contributed by atoms with E-state index in [1.807, 2.05) is 0 Å². The summed E-state index contributed by atoms with van der Waals surface area (Å²) < 4.78 is 25.9. The van der Waals surface area contributed by atoms with Crippen LogP contribution in [0.4, 0.5) is 0 Å². The van der Waals surface area contributed by atoms with Crippen LogP contribution in [0, 0.1) is 5.41 Å². The van der Waals surface area contributed by atoms with Crippen molar-refractivity contribution in [3.8, 4) is 0 Å². The Morgan fingerprint density at radius 2 is 1.10 bits per heavy atom. The monoisotopic (exact) mass is 568 g/mol. The standard InChI is InChI=1S/C30H52N2O8/c1-24(2)16-29(17-25(3,4)31-24)37-14-20(39-29)12-28(23(35)36,11-9-10-22(33)34)13-21-15-38-30(40-21)18-26(5,6)32-27(7,8)19-30/h20-21,31-32H,9-19H2,1-8H3,(H,33,34)(H,35,36). The Hall–Kier alpha value is -1.30. The van der Waals surface area contributed by atoms with Crippen LogP contribution in [0.5, 0.6) is 0 Å². The highest BCUT2D eigenvalue weighted by Crippen LogP contribution is 2.49. The van der Waals surface area contributed by atoms with Crippen molar-refractivity contribution in [1.82, 2.24) is 10.6 Å². The Kier molecular flexibility index (Phi) is 8.27. The second-order valence-corrected chi connectivity index (χ2v) is 15.7. The number of rotatable bonds is 9. The Labute approximate surface area is 239 Å². The van der Waals surface area contributed by atoms with Gasteiger partial charge in [-0.1, -0.05) is 0 Å². The summed E-state index contributed by atoms with van der Waals surface area (Å²) in [4.78, 5) is 24.4. The number of hydrogen-bond acceptors (Lipinski definition) is 8. The van der Waals surface area contributed by atoms with E-state index in [1.165, 1.54) is 0 Å². The minimum absolute atomic E-state index is 0.0882. The molecule has 10 heteroatoms. The van der Waals surface area contributed by atoms with Gasteiger partial charge in [-0.3, -0.25) is 9.59 Å². The molecule has 4 fully saturated rings. The molecule has 0 aliphatic carbocycles. The van der Waals surface area contributed by atoms with E-state index in [9.17, 15) is 19.8 Å². The molecule has 4 aliphatic heterocycles. The molecule has 0 amide bonds.